The van der Waals surface area contributed by atoms with E-state index in [1.807, 2.05) is 11.8 Å². The Kier molecular flexibility index (Phi) is 4.52. The van der Waals surface area contributed by atoms with Crippen molar-refractivity contribution in [3.8, 4) is 0 Å². The molecule has 0 aliphatic rings. The molecule has 1 aromatic rings. The van der Waals surface area contributed by atoms with Crippen LogP contribution in [0.2, 0.25) is 0 Å². The summed E-state index contributed by atoms with van der Waals surface area (Å²) in [7, 11) is 0. The molecular weight excluding hydrogens is 198 g/mol. The predicted molar refractivity (Wildman–Crippen MR) is 60.9 cm³/mol. The van der Waals surface area contributed by atoms with Gasteiger partial charge in [0.15, 0.2) is 0 Å². The molecule has 0 aliphatic carbocycles. The molecule has 0 bridgehead atoms. The molecule has 0 saturated heterocycles. The van der Waals surface area contributed by atoms with E-state index < -0.39 is 0 Å². The van der Waals surface area contributed by atoms with Crippen molar-refractivity contribution >= 4 is 17.6 Å². The van der Waals surface area contributed by atoms with Crippen LogP contribution in [-0.2, 0) is 0 Å². The van der Waals surface area contributed by atoms with E-state index in [0.717, 1.165) is 13.0 Å². The first-order chi connectivity index (χ1) is 6.72. The Morgan fingerprint density at radius 2 is 2.50 bits per heavy atom. The molecular formula is C9H15N3OS. The highest BCUT2D eigenvalue weighted by atomic mass is 32.2. The molecule has 1 heterocycles. The summed E-state index contributed by atoms with van der Waals surface area (Å²) in [6.07, 6.45) is 4.56. The number of hydrogen-bond donors (Lipinski definition) is 2. The van der Waals surface area contributed by atoms with Gasteiger partial charge in [-0.2, -0.15) is 11.8 Å². The minimum absolute atomic E-state index is 0.125. The van der Waals surface area contributed by atoms with Gasteiger partial charge in [-0.3, -0.25) is 4.79 Å². The zero-order chi connectivity index (χ0) is 10.4. The first-order valence-electron chi connectivity index (χ1n) is 4.54. The van der Waals surface area contributed by atoms with Gasteiger partial charge in [0.2, 0.25) is 0 Å². The van der Waals surface area contributed by atoms with E-state index >= 15 is 0 Å². The van der Waals surface area contributed by atoms with Crippen molar-refractivity contribution < 1.29 is 0 Å². The second-order valence-corrected chi connectivity index (χ2v) is 4.33. The van der Waals surface area contributed by atoms with E-state index in [1.54, 1.807) is 0 Å². The number of aromatic amines is 1. The average Bonchev–Trinajstić information content (AvgIpc) is 2.17. The molecule has 0 fully saturated rings. The lowest BCUT2D eigenvalue weighted by atomic mass is 10.3. The van der Waals surface area contributed by atoms with Crippen LogP contribution in [0.1, 0.15) is 13.3 Å². The maximum Gasteiger partial charge on any atom is 0.252 e. The molecule has 0 saturated carbocycles. The number of hydrogen-bond acceptors (Lipinski definition) is 4. The van der Waals surface area contributed by atoms with Gasteiger partial charge in [-0.05, 0) is 12.7 Å². The van der Waals surface area contributed by atoms with Crippen molar-refractivity contribution in [2.45, 2.75) is 18.6 Å². The fourth-order valence-electron chi connectivity index (χ4n) is 0.987. The zero-order valence-electron chi connectivity index (χ0n) is 8.41. The fraction of sp³-hybridized carbons (Fsp3) is 0.556. The minimum atomic E-state index is -0.125. The molecule has 2 N–H and O–H groups in total. The maximum absolute atomic E-state index is 10.9. The zero-order valence-corrected chi connectivity index (χ0v) is 9.23. The van der Waals surface area contributed by atoms with Crippen LogP contribution in [0, 0.1) is 0 Å². The third-order valence-electron chi connectivity index (χ3n) is 1.94. The molecule has 1 atom stereocenters. The lowest BCUT2D eigenvalue weighted by molar-refractivity contribution is 0.848. The van der Waals surface area contributed by atoms with Gasteiger partial charge < -0.3 is 10.3 Å². The fourth-order valence-corrected chi connectivity index (χ4v) is 1.34. The van der Waals surface area contributed by atoms with Crippen LogP contribution in [-0.4, -0.2) is 28.0 Å². The lowest BCUT2D eigenvalue weighted by Crippen LogP contribution is -2.12. The van der Waals surface area contributed by atoms with Crippen LogP contribution in [0.4, 0.5) is 5.82 Å². The van der Waals surface area contributed by atoms with Crippen LogP contribution in [0.3, 0.4) is 0 Å². The summed E-state index contributed by atoms with van der Waals surface area (Å²) in [6.45, 7) is 3.02. The normalized spacial score (nSPS) is 12.4. The van der Waals surface area contributed by atoms with E-state index in [4.69, 9.17) is 0 Å². The van der Waals surface area contributed by atoms with E-state index in [1.165, 1.54) is 12.4 Å². The summed E-state index contributed by atoms with van der Waals surface area (Å²) in [5.74, 6) is 0.641. The van der Waals surface area contributed by atoms with Gasteiger partial charge in [0.05, 0.1) is 6.33 Å². The highest BCUT2D eigenvalue weighted by Gasteiger charge is 1.99. The summed E-state index contributed by atoms with van der Waals surface area (Å²) < 4.78 is 0. The van der Waals surface area contributed by atoms with Crippen molar-refractivity contribution in [2.24, 2.45) is 0 Å². The number of thioether (sulfide) groups is 1. The van der Waals surface area contributed by atoms with Gasteiger partial charge >= 0.3 is 0 Å². The Labute approximate surface area is 87.5 Å². The molecule has 1 rings (SSSR count). The monoisotopic (exact) mass is 213 g/mol. The van der Waals surface area contributed by atoms with Gasteiger partial charge in [0.25, 0.3) is 5.56 Å². The molecule has 4 nitrogen and oxygen atoms in total. The molecule has 1 unspecified atom stereocenters. The van der Waals surface area contributed by atoms with Crippen molar-refractivity contribution in [2.75, 3.05) is 18.1 Å². The van der Waals surface area contributed by atoms with Crippen LogP contribution < -0.4 is 10.9 Å². The SMILES string of the molecule is CSC(C)CCNc1cc(=O)[nH]cn1. The molecule has 14 heavy (non-hydrogen) atoms. The first-order valence-corrected chi connectivity index (χ1v) is 5.82. The predicted octanol–water partition coefficient (Wildman–Crippen LogP) is 1.32. The van der Waals surface area contributed by atoms with Gasteiger partial charge in [-0.1, -0.05) is 6.92 Å². The number of H-pyrrole nitrogens is 1. The largest absolute Gasteiger partial charge is 0.370 e. The van der Waals surface area contributed by atoms with E-state index in [0.29, 0.717) is 11.1 Å². The Morgan fingerprint density at radius 1 is 1.71 bits per heavy atom. The molecule has 78 valence electrons. The Balaban J connectivity index is 2.35. The first kappa shape index (κ1) is 11.1. The van der Waals surface area contributed by atoms with E-state index in [-0.39, 0.29) is 5.56 Å². The second-order valence-electron chi connectivity index (χ2n) is 3.06. The summed E-state index contributed by atoms with van der Waals surface area (Å²) in [5, 5.41) is 3.74. The number of anilines is 1. The lowest BCUT2D eigenvalue weighted by Gasteiger charge is -2.08. The quantitative estimate of drug-likeness (QED) is 0.774. The van der Waals surface area contributed by atoms with Crippen molar-refractivity contribution in [1.29, 1.82) is 0 Å². The number of rotatable bonds is 5. The van der Waals surface area contributed by atoms with Gasteiger partial charge in [0, 0.05) is 17.9 Å². The third kappa shape index (κ3) is 3.83. The Hall–Kier alpha value is -0.970. The number of aromatic nitrogens is 2. The molecule has 0 radical (unpaired) electrons. The molecule has 0 spiro atoms. The maximum atomic E-state index is 10.9. The van der Waals surface area contributed by atoms with Crippen molar-refractivity contribution in [3.63, 3.8) is 0 Å². The average molecular weight is 213 g/mol. The molecule has 0 amide bonds. The van der Waals surface area contributed by atoms with E-state index in [2.05, 4.69) is 28.5 Å². The van der Waals surface area contributed by atoms with Gasteiger partial charge in [-0.15, -0.1) is 0 Å². The molecule has 0 aromatic carbocycles. The van der Waals surface area contributed by atoms with Crippen LogP contribution in [0.5, 0.6) is 0 Å². The smallest absolute Gasteiger partial charge is 0.252 e. The Bertz CT molecular complexity index is 326. The summed E-state index contributed by atoms with van der Waals surface area (Å²) >= 11 is 1.83. The van der Waals surface area contributed by atoms with Crippen molar-refractivity contribution in [1.82, 2.24) is 9.97 Å². The third-order valence-corrected chi connectivity index (χ3v) is 2.98. The van der Waals surface area contributed by atoms with Gasteiger partial charge in [0.1, 0.15) is 5.82 Å². The Morgan fingerprint density at radius 3 is 3.14 bits per heavy atom. The summed E-state index contributed by atoms with van der Waals surface area (Å²) in [4.78, 5) is 17.4. The van der Waals surface area contributed by atoms with Crippen LogP contribution in [0.25, 0.3) is 0 Å². The standard InChI is InChI=1S/C9H15N3OS/c1-7(14-2)3-4-10-8-5-9(13)12-6-11-8/h5-7H,3-4H2,1-2H3,(H2,10,11,12,13). The van der Waals surface area contributed by atoms with Crippen LogP contribution >= 0.6 is 11.8 Å². The topological polar surface area (TPSA) is 57.8 Å². The highest BCUT2D eigenvalue weighted by Crippen LogP contribution is 2.09. The number of nitrogens with zero attached hydrogens (tertiary/aromatic N) is 1. The molecule has 0 aliphatic heterocycles. The molecule has 5 heteroatoms. The van der Waals surface area contributed by atoms with E-state index in [9.17, 15) is 4.79 Å². The molecule has 1 aromatic heterocycles. The summed E-state index contributed by atoms with van der Waals surface area (Å²) in [5.41, 5.74) is -0.125. The minimum Gasteiger partial charge on any atom is -0.370 e. The second kappa shape index (κ2) is 5.70. The van der Waals surface area contributed by atoms with Crippen LogP contribution in [0.15, 0.2) is 17.2 Å². The van der Waals surface area contributed by atoms with Gasteiger partial charge in [-0.25, -0.2) is 4.98 Å². The highest BCUT2D eigenvalue weighted by molar-refractivity contribution is 7.99. The summed E-state index contributed by atoms with van der Waals surface area (Å²) in [6, 6.07) is 1.46. The van der Waals surface area contributed by atoms with Crippen molar-refractivity contribution in [3.05, 3.63) is 22.7 Å². The number of nitrogens with one attached hydrogen (secondary N) is 2.